The number of nitrogens with zero attached hydrogens (tertiary/aromatic N) is 2. The Morgan fingerprint density at radius 3 is 2.88 bits per heavy atom. The molecule has 5 heteroatoms. The summed E-state index contributed by atoms with van der Waals surface area (Å²) in [5, 5.41) is 4.42. The molecule has 0 aliphatic carbocycles. The van der Waals surface area contributed by atoms with E-state index in [2.05, 4.69) is 33.4 Å². The lowest BCUT2D eigenvalue weighted by atomic mass is 9.93. The fourth-order valence-corrected chi connectivity index (χ4v) is 4.15. The predicted molar refractivity (Wildman–Crippen MR) is 102 cm³/mol. The van der Waals surface area contributed by atoms with Gasteiger partial charge in [0.15, 0.2) is 0 Å². The number of pyridine rings is 1. The van der Waals surface area contributed by atoms with E-state index >= 15 is 0 Å². The number of piperidine rings is 1. The predicted octanol–water partition coefficient (Wildman–Crippen LogP) is 2.39. The summed E-state index contributed by atoms with van der Waals surface area (Å²) in [4.78, 5) is 19.2. The van der Waals surface area contributed by atoms with Gasteiger partial charge in [0.2, 0.25) is 5.91 Å². The van der Waals surface area contributed by atoms with Crippen LogP contribution in [0.4, 0.5) is 0 Å². The van der Waals surface area contributed by atoms with Gasteiger partial charge in [-0.3, -0.25) is 14.7 Å². The molecule has 4 rings (SSSR count). The minimum Gasteiger partial charge on any atom is -0.379 e. The zero-order chi connectivity index (χ0) is 17.8. The van der Waals surface area contributed by atoms with Crippen LogP contribution in [0, 0.1) is 5.92 Å². The lowest BCUT2D eigenvalue weighted by Crippen LogP contribution is -2.46. The molecule has 0 spiro atoms. The van der Waals surface area contributed by atoms with Crippen molar-refractivity contribution in [3.8, 4) is 0 Å². The van der Waals surface area contributed by atoms with E-state index in [1.165, 1.54) is 30.2 Å². The number of hydrogen-bond acceptors (Lipinski definition) is 4. The molecule has 3 heterocycles. The van der Waals surface area contributed by atoms with E-state index < -0.39 is 0 Å². The van der Waals surface area contributed by atoms with Gasteiger partial charge < -0.3 is 10.1 Å². The SMILES string of the molecule is O=C(CN1CCCCC1)NC1COCC1Cc1ccnc2ccccc12. The Labute approximate surface area is 154 Å². The summed E-state index contributed by atoms with van der Waals surface area (Å²) in [6, 6.07) is 10.4. The third kappa shape index (κ3) is 4.05. The monoisotopic (exact) mass is 353 g/mol. The van der Waals surface area contributed by atoms with Crippen LogP contribution in [0.25, 0.3) is 10.9 Å². The van der Waals surface area contributed by atoms with Crippen molar-refractivity contribution in [3.05, 3.63) is 42.1 Å². The highest BCUT2D eigenvalue weighted by Gasteiger charge is 2.30. The Morgan fingerprint density at radius 1 is 1.15 bits per heavy atom. The summed E-state index contributed by atoms with van der Waals surface area (Å²) in [7, 11) is 0. The maximum atomic E-state index is 12.5. The van der Waals surface area contributed by atoms with E-state index in [9.17, 15) is 4.79 Å². The average Bonchev–Trinajstić information content (AvgIpc) is 3.09. The van der Waals surface area contributed by atoms with Crippen molar-refractivity contribution < 1.29 is 9.53 Å². The molecule has 2 saturated heterocycles. The molecule has 1 N–H and O–H groups in total. The number of carbonyl (C=O) groups is 1. The molecule has 1 amide bonds. The lowest BCUT2D eigenvalue weighted by molar-refractivity contribution is -0.123. The number of ether oxygens (including phenoxy) is 1. The largest absolute Gasteiger partial charge is 0.379 e. The summed E-state index contributed by atoms with van der Waals surface area (Å²) in [5.41, 5.74) is 2.30. The van der Waals surface area contributed by atoms with Crippen LogP contribution < -0.4 is 5.32 Å². The molecule has 2 aliphatic heterocycles. The number of nitrogens with one attached hydrogen (secondary N) is 1. The molecule has 0 saturated carbocycles. The first-order valence-corrected chi connectivity index (χ1v) is 9.72. The van der Waals surface area contributed by atoms with Crippen molar-refractivity contribution in [3.63, 3.8) is 0 Å². The van der Waals surface area contributed by atoms with Crippen LogP contribution in [0.2, 0.25) is 0 Å². The Balaban J connectivity index is 1.39. The van der Waals surface area contributed by atoms with Gasteiger partial charge in [0.25, 0.3) is 0 Å². The highest BCUT2D eigenvalue weighted by molar-refractivity contribution is 5.82. The third-order valence-electron chi connectivity index (χ3n) is 5.58. The van der Waals surface area contributed by atoms with Crippen molar-refractivity contribution in [1.82, 2.24) is 15.2 Å². The number of hydrogen-bond donors (Lipinski definition) is 1. The molecule has 2 atom stereocenters. The van der Waals surface area contributed by atoms with Crippen LogP contribution in [-0.4, -0.2) is 54.7 Å². The van der Waals surface area contributed by atoms with Crippen LogP contribution >= 0.6 is 0 Å². The van der Waals surface area contributed by atoms with Crippen molar-refractivity contribution in [2.24, 2.45) is 5.92 Å². The van der Waals surface area contributed by atoms with Gasteiger partial charge in [-0.15, -0.1) is 0 Å². The third-order valence-corrected chi connectivity index (χ3v) is 5.58. The molecule has 26 heavy (non-hydrogen) atoms. The number of aromatic nitrogens is 1. The first-order chi connectivity index (χ1) is 12.8. The van der Waals surface area contributed by atoms with Gasteiger partial charge in [0.05, 0.1) is 31.3 Å². The fraction of sp³-hybridized carbons (Fsp3) is 0.524. The molecule has 2 aromatic rings. The van der Waals surface area contributed by atoms with Gasteiger partial charge in [-0.25, -0.2) is 0 Å². The van der Waals surface area contributed by atoms with E-state index in [-0.39, 0.29) is 11.9 Å². The molecule has 0 bridgehead atoms. The highest BCUT2D eigenvalue weighted by Crippen LogP contribution is 2.24. The van der Waals surface area contributed by atoms with E-state index in [1.54, 1.807) is 0 Å². The molecule has 1 aromatic carbocycles. The number of benzene rings is 1. The highest BCUT2D eigenvalue weighted by atomic mass is 16.5. The summed E-state index contributed by atoms with van der Waals surface area (Å²) in [6.07, 6.45) is 6.47. The fourth-order valence-electron chi connectivity index (χ4n) is 4.15. The number of para-hydroxylation sites is 1. The molecule has 1 aromatic heterocycles. The van der Waals surface area contributed by atoms with Crippen LogP contribution in [0.3, 0.4) is 0 Å². The maximum absolute atomic E-state index is 12.5. The summed E-state index contributed by atoms with van der Waals surface area (Å²) < 4.78 is 5.70. The quantitative estimate of drug-likeness (QED) is 0.897. The van der Waals surface area contributed by atoms with Crippen LogP contribution in [-0.2, 0) is 16.0 Å². The molecule has 5 nitrogen and oxygen atoms in total. The molecular weight excluding hydrogens is 326 g/mol. The molecule has 2 fully saturated rings. The lowest BCUT2D eigenvalue weighted by Gasteiger charge is -2.27. The molecule has 138 valence electrons. The first kappa shape index (κ1) is 17.4. The van der Waals surface area contributed by atoms with E-state index in [0.29, 0.717) is 25.7 Å². The number of carbonyl (C=O) groups excluding carboxylic acids is 1. The normalized spacial score (nSPS) is 24.0. The van der Waals surface area contributed by atoms with Crippen LogP contribution in [0.5, 0.6) is 0 Å². The smallest absolute Gasteiger partial charge is 0.234 e. The van der Waals surface area contributed by atoms with Gasteiger partial charge in [-0.2, -0.15) is 0 Å². The summed E-state index contributed by atoms with van der Waals surface area (Å²) in [6.45, 7) is 3.91. The van der Waals surface area contributed by atoms with Crippen molar-refractivity contribution >= 4 is 16.8 Å². The number of fused-ring (bicyclic) bond motifs is 1. The molecule has 2 aliphatic rings. The Bertz CT molecular complexity index is 753. The van der Waals surface area contributed by atoms with Gasteiger partial charge in [0, 0.05) is 17.5 Å². The second-order valence-corrected chi connectivity index (χ2v) is 7.50. The van der Waals surface area contributed by atoms with Crippen molar-refractivity contribution in [2.45, 2.75) is 31.7 Å². The average molecular weight is 353 g/mol. The summed E-state index contributed by atoms with van der Waals surface area (Å²) in [5.74, 6) is 0.443. The number of amides is 1. The first-order valence-electron chi connectivity index (χ1n) is 9.72. The number of rotatable bonds is 5. The van der Waals surface area contributed by atoms with E-state index in [1.807, 2.05) is 18.3 Å². The zero-order valence-electron chi connectivity index (χ0n) is 15.2. The van der Waals surface area contributed by atoms with Gasteiger partial charge >= 0.3 is 0 Å². The van der Waals surface area contributed by atoms with Crippen molar-refractivity contribution in [2.75, 3.05) is 32.8 Å². The summed E-state index contributed by atoms with van der Waals surface area (Å²) >= 11 is 0. The van der Waals surface area contributed by atoms with Crippen molar-refractivity contribution in [1.29, 1.82) is 0 Å². The maximum Gasteiger partial charge on any atom is 0.234 e. The van der Waals surface area contributed by atoms with Gasteiger partial charge in [0.1, 0.15) is 0 Å². The minimum absolute atomic E-state index is 0.0965. The molecule has 0 radical (unpaired) electrons. The number of likely N-dealkylation sites (tertiary alicyclic amines) is 1. The molecule has 2 unspecified atom stereocenters. The molecular formula is C21H27N3O2. The minimum atomic E-state index is 0.0965. The standard InChI is InChI=1S/C21H27N3O2/c25-21(13-24-10-4-1-5-11-24)23-20-15-26-14-17(20)12-16-8-9-22-19-7-3-2-6-18(16)19/h2-3,6-9,17,20H,1,4-5,10-15H2,(H,23,25). The zero-order valence-corrected chi connectivity index (χ0v) is 15.2. The van der Waals surface area contributed by atoms with Gasteiger partial charge in [-0.05, 0) is 50.0 Å². The van der Waals surface area contributed by atoms with E-state index in [4.69, 9.17) is 4.74 Å². The second-order valence-electron chi connectivity index (χ2n) is 7.50. The Hall–Kier alpha value is -1.98. The van der Waals surface area contributed by atoms with Crippen LogP contribution in [0.1, 0.15) is 24.8 Å². The van der Waals surface area contributed by atoms with E-state index in [0.717, 1.165) is 25.0 Å². The van der Waals surface area contributed by atoms with Crippen LogP contribution in [0.15, 0.2) is 36.5 Å². The Morgan fingerprint density at radius 2 is 2.00 bits per heavy atom. The van der Waals surface area contributed by atoms with Gasteiger partial charge in [-0.1, -0.05) is 24.6 Å². The Kier molecular flexibility index (Phi) is 5.46. The second kappa shape index (κ2) is 8.14. The topological polar surface area (TPSA) is 54.5 Å².